The molecule has 0 saturated carbocycles. The Bertz CT molecular complexity index is 432. The second-order valence-electron chi connectivity index (χ2n) is 5.40. The first kappa shape index (κ1) is 14.4. The van der Waals surface area contributed by atoms with Crippen molar-refractivity contribution in [3.05, 3.63) is 29.8 Å². The molecule has 0 spiro atoms. The smallest absolute Gasteiger partial charge is 0.227 e. The Morgan fingerprint density at radius 2 is 2.00 bits per heavy atom. The van der Waals surface area contributed by atoms with E-state index in [1.54, 1.807) is 0 Å². The van der Waals surface area contributed by atoms with Gasteiger partial charge in [0.15, 0.2) is 0 Å². The van der Waals surface area contributed by atoms with Crippen LogP contribution in [0.5, 0.6) is 0 Å². The van der Waals surface area contributed by atoms with Gasteiger partial charge in [-0.05, 0) is 44.6 Å². The molecule has 0 radical (unpaired) electrons. The Morgan fingerprint density at radius 1 is 1.32 bits per heavy atom. The predicted octanol–water partition coefficient (Wildman–Crippen LogP) is 2.07. The van der Waals surface area contributed by atoms with Crippen molar-refractivity contribution in [3.8, 4) is 0 Å². The van der Waals surface area contributed by atoms with Crippen LogP contribution in [0.2, 0.25) is 0 Å². The van der Waals surface area contributed by atoms with Crippen molar-refractivity contribution in [1.29, 1.82) is 0 Å². The van der Waals surface area contributed by atoms with Crippen molar-refractivity contribution in [3.63, 3.8) is 0 Å². The zero-order valence-corrected chi connectivity index (χ0v) is 12.6. The normalized spacial score (nSPS) is 21.2. The zero-order chi connectivity index (χ0) is 13.8. The fourth-order valence-corrected chi connectivity index (χ4v) is 2.78. The highest BCUT2D eigenvalue weighted by molar-refractivity contribution is 7.80. The van der Waals surface area contributed by atoms with E-state index in [-0.39, 0.29) is 5.91 Å². The maximum atomic E-state index is 12.4. The van der Waals surface area contributed by atoms with E-state index in [2.05, 4.69) is 31.5 Å². The average Bonchev–Trinajstić information content (AvgIpc) is 2.53. The molecule has 0 aromatic heterocycles. The van der Waals surface area contributed by atoms with Crippen molar-refractivity contribution in [1.82, 2.24) is 9.80 Å². The van der Waals surface area contributed by atoms with Crippen LogP contribution in [0.3, 0.4) is 0 Å². The summed E-state index contributed by atoms with van der Waals surface area (Å²) in [7, 11) is 2.12. The number of carbonyl (C=O) groups excluding carboxylic acids is 1. The van der Waals surface area contributed by atoms with Crippen LogP contribution in [0.25, 0.3) is 0 Å². The Kier molecular flexibility index (Phi) is 4.88. The van der Waals surface area contributed by atoms with Gasteiger partial charge in [0, 0.05) is 24.0 Å². The molecule has 19 heavy (non-hydrogen) atoms. The van der Waals surface area contributed by atoms with Gasteiger partial charge in [-0.3, -0.25) is 4.79 Å². The third-order valence-electron chi connectivity index (χ3n) is 3.66. The van der Waals surface area contributed by atoms with Gasteiger partial charge in [-0.25, -0.2) is 0 Å². The van der Waals surface area contributed by atoms with Crippen molar-refractivity contribution in [2.45, 2.75) is 30.7 Å². The van der Waals surface area contributed by atoms with E-state index in [1.165, 1.54) is 0 Å². The number of rotatable bonds is 2. The largest absolute Gasteiger partial charge is 0.338 e. The lowest BCUT2D eigenvalue weighted by Gasteiger charge is -2.28. The molecule has 4 heteroatoms. The molecule has 104 valence electrons. The molecule has 1 fully saturated rings. The summed E-state index contributed by atoms with van der Waals surface area (Å²) in [5, 5.41) is 0. The van der Waals surface area contributed by atoms with Crippen molar-refractivity contribution < 1.29 is 4.79 Å². The molecule has 1 aromatic carbocycles. The summed E-state index contributed by atoms with van der Waals surface area (Å²) in [6.45, 7) is 5.04. The highest BCUT2D eigenvalue weighted by Gasteiger charge is 2.23. The maximum Gasteiger partial charge on any atom is 0.227 e. The quantitative estimate of drug-likeness (QED) is 0.837. The van der Waals surface area contributed by atoms with Crippen LogP contribution in [0.15, 0.2) is 29.2 Å². The zero-order valence-electron chi connectivity index (χ0n) is 11.7. The minimum absolute atomic E-state index is 0.231. The third kappa shape index (κ3) is 3.98. The number of carbonyl (C=O) groups is 1. The maximum absolute atomic E-state index is 12.4. The average molecular weight is 278 g/mol. The topological polar surface area (TPSA) is 23.6 Å². The number of hydrogen-bond donors (Lipinski definition) is 1. The second-order valence-corrected chi connectivity index (χ2v) is 5.91. The first-order chi connectivity index (χ1) is 9.06. The van der Waals surface area contributed by atoms with Gasteiger partial charge in [0.1, 0.15) is 0 Å². The van der Waals surface area contributed by atoms with E-state index >= 15 is 0 Å². The molecule has 2 rings (SSSR count). The molecule has 1 aliphatic heterocycles. The van der Waals surface area contributed by atoms with Crippen molar-refractivity contribution >= 4 is 18.5 Å². The number of nitrogens with zero attached hydrogens (tertiary/aromatic N) is 2. The molecule has 1 amide bonds. The number of benzene rings is 1. The Hall–Kier alpha value is -1.00. The Labute approximate surface area is 121 Å². The molecule has 0 aliphatic carbocycles. The monoisotopic (exact) mass is 278 g/mol. The third-order valence-corrected chi connectivity index (χ3v) is 3.96. The molecule has 1 heterocycles. The highest BCUT2D eigenvalue weighted by atomic mass is 32.1. The van der Waals surface area contributed by atoms with Crippen LogP contribution >= 0.6 is 12.6 Å². The SMILES string of the molecule is CC1CN(C)CCCN1C(=O)Cc1ccc(S)cc1. The lowest BCUT2D eigenvalue weighted by atomic mass is 10.1. The summed E-state index contributed by atoms with van der Waals surface area (Å²) in [5.74, 6) is 0.231. The van der Waals surface area contributed by atoms with Crippen molar-refractivity contribution in [2.24, 2.45) is 0 Å². The minimum atomic E-state index is 0.231. The summed E-state index contributed by atoms with van der Waals surface area (Å²) < 4.78 is 0. The van der Waals surface area contributed by atoms with Gasteiger partial charge in [0.2, 0.25) is 5.91 Å². The highest BCUT2D eigenvalue weighted by Crippen LogP contribution is 2.13. The molecular formula is C15H22N2OS. The van der Waals surface area contributed by atoms with Gasteiger partial charge < -0.3 is 9.80 Å². The second kappa shape index (κ2) is 6.44. The minimum Gasteiger partial charge on any atom is -0.338 e. The first-order valence-corrected chi connectivity index (χ1v) is 7.27. The van der Waals surface area contributed by atoms with Gasteiger partial charge in [-0.1, -0.05) is 12.1 Å². The molecule has 1 aromatic rings. The summed E-state index contributed by atoms with van der Waals surface area (Å²) in [4.78, 5) is 17.7. The number of likely N-dealkylation sites (N-methyl/N-ethyl adjacent to an activating group) is 1. The van der Waals surface area contributed by atoms with Gasteiger partial charge in [-0.2, -0.15) is 0 Å². The van der Waals surface area contributed by atoms with Crippen LogP contribution in [0, 0.1) is 0 Å². The molecule has 0 bridgehead atoms. The molecule has 1 atom stereocenters. The van der Waals surface area contributed by atoms with Gasteiger partial charge >= 0.3 is 0 Å². The van der Waals surface area contributed by atoms with E-state index in [9.17, 15) is 4.79 Å². The van der Waals surface area contributed by atoms with Gasteiger partial charge in [-0.15, -0.1) is 12.6 Å². The van der Waals surface area contributed by atoms with E-state index in [1.807, 2.05) is 29.2 Å². The Balaban J connectivity index is 2.00. The molecule has 1 unspecified atom stereocenters. The van der Waals surface area contributed by atoms with Crippen molar-refractivity contribution in [2.75, 3.05) is 26.7 Å². The standard InChI is InChI=1S/C15H22N2OS/c1-12-11-16(2)8-3-9-17(12)15(18)10-13-4-6-14(19)7-5-13/h4-7,12,19H,3,8-11H2,1-2H3. The molecular weight excluding hydrogens is 256 g/mol. The number of hydrogen-bond acceptors (Lipinski definition) is 3. The lowest BCUT2D eigenvalue weighted by Crippen LogP contribution is -2.42. The summed E-state index contributed by atoms with van der Waals surface area (Å²) in [6, 6.07) is 8.13. The van der Waals surface area contributed by atoms with E-state index in [0.717, 1.165) is 36.5 Å². The Morgan fingerprint density at radius 3 is 2.68 bits per heavy atom. The molecule has 1 saturated heterocycles. The number of amides is 1. The number of thiol groups is 1. The van der Waals surface area contributed by atoms with Crippen LogP contribution in [0.4, 0.5) is 0 Å². The van der Waals surface area contributed by atoms with Crippen LogP contribution in [0.1, 0.15) is 18.9 Å². The fraction of sp³-hybridized carbons (Fsp3) is 0.533. The first-order valence-electron chi connectivity index (χ1n) is 6.82. The van der Waals surface area contributed by atoms with Gasteiger partial charge in [0.05, 0.1) is 6.42 Å². The summed E-state index contributed by atoms with van der Waals surface area (Å²) >= 11 is 4.26. The predicted molar refractivity (Wildman–Crippen MR) is 80.7 cm³/mol. The van der Waals surface area contributed by atoms with E-state index < -0.39 is 0 Å². The summed E-state index contributed by atoms with van der Waals surface area (Å²) in [6.07, 6.45) is 1.55. The van der Waals surface area contributed by atoms with Crippen LogP contribution < -0.4 is 0 Å². The van der Waals surface area contributed by atoms with Gasteiger partial charge in [0.25, 0.3) is 0 Å². The molecule has 0 N–H and O–H groups in total. The lowest BCUT2D eigenvalue weighted by molar-refractivity contribution is -0.132. The molecule has 1 aliphatic rings. The van der Waals surface area contributed by atoms with Crippen LogP contribution in [-0.2, 0) is 11.2 Å². The van der Waals surface area contributed by atoms with E-state index in [0.29, 0.717) is 12.5 Å². The van der Waals surface area contributed by atoms with Crippen LogP contribution in [-0.4, -0.2) is 48.4 Å². The summed E-state index contributed by atoms with van der Waals surface area (Å²) in [5.41, 5.74) is 1.06. The van der Waals surface area contributed by atoms with E-state index in [4.69, 9.17) is 0 Å². The molecule has 3 nitrogen and oxygen atoms in total. The fourth-order valence-electron chi connectivity index (χ4n) is 2.63.